The van der Waals surface area contributed by atoms with Gasteiger partial charge in [-0.25, -0.2) is 9.59 Å². The maximum Gasteiger partial charge on any atom is 0.328 e. The Balaban J connectivity index is 1.56. The van der Waals surface area contributed by atoms with Gasteiger partial charge in [0.2, 0.25) is 0 Å². The number of nitrogens with zero attached hydrogens (tertiary/aromatic N) is 1. The molecule has 6 nitrogen and oxygen atoms in total. The van der Waals surface area contributed by atoms with Crippen molar-refractivity contribution in [3.8, 4) is 0 Å². The van der Waals surface area contributed by atoms with Gasteiger partial charge in [0.1, 0.15) is 0 Å². The Morgan fingerprint density at radius 2 is 2.10 bits per heavy atom. The number of urea groups is 1. The van der Waals surface area contributed by atoms with Gasteiger partial charge in [-0.1, -0.05) is 36.4 Å². The van der Waals surface area contributed by atoms with Gasteiger partial charge in [-0.15, -0.1) is 0 Å². The van der Waals surface area contributed by atoms with Crippen molar-refractivity contribution in [1.82, 2.24) is 15.2 Å². The van der Waals surface area contributed by atoms with E-state index in [1.54, 1.807) is 6.08 Å². The van der Waals surface area contributed by atoms with Gasteiger partial charge >= 0.3 is 12.0 Å². The van der Waals surface area contributed by atoms with Crippen molar-refractivity contribution in [2.75, 3.05) is 13.1 Å². The summed E-state index contributed by atoms with van der Waals surface area (Å²) in [6.07, 6.45) is 7.30. The Kier molecular flexibility index (Phi) is 6.07. The molecule has 1 atom stereocenters. The second kappa shape index (κ2) is 9.08. The molecule has 0 aliphatic heterocycles. The average molecular weight is 418 g/mol. The van der Waals surface area contributed by atoms with Crippen LogP contribution < -0.4 is 5.32 Å². The van der Waals surface area contributed by atoms with Crippen LogP contribution in [0.5, 0.6) is 0 Å². The lowest BCUT2D eigenvalue weighted by Crippen LogP contribution is -2.42. The fraction of sp³-hybridized carbons (Fsp3) is 0.280. The van der Waals surface area contributed by atoms with E-state index in [0.717, 1.165) is 42.0 Å². The minimum atomic E-state index is -0.960. The highest BCUT2D eigenvalue weighted by Crippen LogP contribution is 2.37. The first-order valence-electron chi connectivity index (χ1n) is 10.7. The predicted molar refractivity (Wildman–Crippen MR) is 122 cm³/mol. The number of nitrogens with one attached hydrogen (secondary N) is 2. The normalized spacial score (nSPS) is 15.3. The molecule has 0 fully saturated rings. The van der Waals surface area contributed by atoms with Gasteiger partial charge < -0.3 is 20.3 Å². The number of aromatic nitrogens is 1. The van der Waals surface area contributed by atoms with E-state index in [2.05, 4.69) is 22.4 Å². The van der Waals surface area contributed by atoms with Crippen LogP contribution in [0.15, 0.2) is 54.7 Å². The molecule has 0 radical (unpaired) electrons. The summed E-state index contributed by atoms with van der Waals surface area (Å²) in [5.74, 6) is -0.960. The Labute approximate surface area is 181 Å². The molecule has 1 aliphatic carbocycles. The molecule has 0 bridgehead atoms. The molecule has 1 aromatic heterocycles. The van der Waals surface area contributed by atoms with E-state index in [-0.39, 0.29) is 12.1 Å². The predicted octanol–water partition coefficient (Wildman–Crippen LogP) is 4.53. The summed E-state index contributed by atoms with van der Waals surface area (Å²) in [4.78, 5) is 29.0. The number of benzene rings is 2. The molecule has 0 spiro atoms. The van der Waals surface area contributed by atoms with Gasteiger partial charge in [0.25, 0.3) is 0 Å². The van der Waals surface area contributed by atoms with Crippen molar-refractivity contribution < 1.29 is 14.7 Å². The molecule has 2 aromatic carbocycles. The molecular formula is C25H27N3O3. The molecule has 31 heavy (non-hydrogen) atoms. The second-order valence-corrected chi connectivity index (χ2v) is 7.82. The first kappa shape index (κ1) is 20.7. The summed E-state index contributed by atoms with van der Waals surface area (Å²) >= 11 is 0. The van der Waals surface area contributed by atoms with E-state index in [1.807, 2.05) is 48.4 Å². The standard InChI is InChI=1S/C25H27N3O3/c1-2-26-25(31)28(14-13-19-16-27-22-6-4-3-5-20(19)22)23-11-9-18-15-17(7-10-21(18)23)8-12-24(29)30/h3-8,10,12,15-16,23,27H,2,9,11,13-14H2,1H3,(H,26,31)(H,29,30). The van der Waals surface area contributed by atoms with Crippen LogP contribution in [0.1, 0.15) is 41.6 Å². The summed E-state index contributed by atoms with van der Waals surface area (Å²) in [5.41, 5.74) is 5.51. The quantitative estimate of drug-likeness (QED) is 0.494. The molecule has 4 rings (SSSR count). The van der Waals surface area contributed by atoms with E-state index in [9.17, 15) is 9.59 Å². The van der Waals surface area contributed by atoms with Gasteiger partial charge in [-0.3, -0.25) is 0 Å². The van der Waals surface area contributed by atoms with Crippen LogP contribution in [0.2, 0.25) is 0 Å². The van der Waals surface area contributed by atoms with Crippen molar-refractivity contribution in [1.29, 1.82) is 0 Å². The fourth-order valence-corrected chi connectivity index (χ4v) is 4.44. The number of carbonyl (C=O) groups excluding carboxylic acids is 1. The van der Waals surface area contributed by atoms with Crippen LogP contribution in [0.3, 0.4) is 0 Å². The average Bonchev–Trinajstić information content (AvgIpc) is 3.37. The number of aryl methyl sites for hydroxylation is 1. The van der Waals surface area contributed by atoms with E-state index in [4.69, 9.17) is 5.11 Å². The number of carboxylic acid groups (broad SMARTS) is 1. The molecule has 1 unspecified atom stereocenters. The Morgan fingerprint density at radius 1 is 1.26 bits per heavy atom. The van der Waals surface area contributed by atoms with Crippen molar-refractivity contribution in [2.45, 2.75) is 32.2 Å². The molecule has 0 saturated heterocycles. The fourth-order valence-electron chi connectivity index (χ4n) is 4.44. The van der Waals surface area contributed by atoms with Gasteiger partial charge in [0.05, 0.1) is 6.04 Å². The number of carboxylic acids is 1. The van der Waals surface area contributed by atoms with Crippen molar-refractivity contribution in [3.63, 3.8) is 0 Å². The van der Waals surface area contributed by atoms with E-state index >= 15 is 0 Å². The SMILES string of the molecule is CCNC(=O)N(CCc1c[nH]c2ccccc12)C1CCc2cc(C=CC(=O)O)ccc21. The second-order valence-electron chi connectivity index (χ2n) is 7.82. The molecular weight excluding hydrogens is 390 g/mol. The van der Waals surface area contributed by atoms with Crippen LogP contribution in [0.4, 0.5) is 4.79 Å². The van der Waals surface area contributed by atoms with E-state index in [1.165, 1.54) is 16.5 Å². The summed E-state index contributed by atoms with van der Waals surface area (Å²) in [6, 6.07) is 14.2. The van der Waals surface area contributed by atoms with Crippen LogP contribution in [-0.4, -0.2) is 40.1 Å². The first-order valence-corrected chi connectivity index (χ1v) is 10.7. The number of rotatable bonds is 7. The lowest BCUT2D eigenvalue weighted by Gasteiger charge is -2.30. The van der Waals surface area contributed by atoms with E-state index < -0.39 is 5.97 Å². The molecule has 3 N–H and O–H groups in total. The largest absolute Gasteiger partial charge is 0.478 e. The topological polar surface area (TPSA) is 85.4 Å². The maximum atomic E-state index is 12.9. The Bertz CT molecular complexity index is 1130. The number of hydrogen-bond donors (Lipinski definition) is 3. The third-order valence-electron chi connectivity index (χ3n) is 5.89. The monoisotopic (exact) mass is 417 g/mol. The van der Waals surface area contributed by atoms with E-state index in [0.29, 0.717) is 13.1 Å². The van der Waals surface area contributed by atoms with Gasteiger partial charge in [-0.2, -0.15) is 0 Å². The summed E-state index contributed by atoms with van der Waals surface area (Å²) in [6.45, 7) is 3.14. The van der Waals surface area contributed by atoms with Gasteiger partial charge in [0, 0.05) is 36.3 Å². The third-order valence-corrected chi connectivity index (χ3v) is 5.89. The van der Waals surface area contributed by atoms with Gasteiger partial charge in [0.15, 0.2) is 0 Å². The summed E-state index contributed by atoms with van der Waals surface area (Å²) in [7, 11) is 0. The molecule has 2 amide bonds. The maximum absolute atomic E-state index is 12.9. The number of para-hydroxylation sites is 1. The number of fused-ring (bicyclic) bond motifs is 2. The highest BCUT2D eigenvalue weighted by atomic mass is 16.4. The number of amides is 2. The molecule has 0 saturated carbocycles. The van der Waals surface area contributed by atoms with Crippen molar-refractivity contribution >= 4 is 29.0 Å². The molecule has 6 heteroatoms. The first-order chi connectivity index (χ1) is 15.1. The third kappa shape index (κ3) is 4.48. The molecule has 160 valence electrons. The number of aliphatic carboxylic acids is 1. The summed E-state index contributed by atoms with van der Waals surface area (Å²) in [5, 5.41) is 13.0. The van der Waals surface area contributed by atoms with Crippen LogP contribution in [-0.2, 0) is 17.6 Å². The van der Waals surface area contributed by atoms with Gasteiger partial charge in [-0.05, 0) is 60.6 Å². The lowest BCUT2D eigenvalue weighted by molar-refractivity contribution is -0.131. The number of carbonyl (C=O) groups is 2. The number of hydrogen-bond acceptors (Lipinski definition) is 2. The minimum Gasteiger partial charge on any atom is -0.478 e. The Morgan fingerprint density at radius 3 is 2.90 bits per heavy atom. The smallest absolute Gasteiger partial charge is 0.328 e. The molecule has 3 aromatic rings. The Hall–Kier alpha value is -3.54. The molecule has 1 aliphatic rings. The number of H-pyrrole nitrogens is 1. The zero-order valence-corrected chi connectivity index (χ0v) is 17.6. The van der Waals surface area contributed by atoms with Crippen molar-refractivity contribution in [3.05, 3.63) is 77.0 Å². The molecule has 1 heterocycles. The van der Waals surface area contributed by atoms with Crippen LogP contribution in [0, 0.1) is 0 Å². The highest BCUT2D eigenvalue weighted by molar-refractivity contribution is 5.85. The number of aromatic amines is 1. The lowest BCUT2D eigenvalue weighted by atomic mass is 10.0. The summed E-state index contributed by atoms with van der Waals surface area (Å²) < 4.78 is 0. The van der Waals surface area contributed by atoms with Crippen LogP contribution >= 0.6 is 0 Å². The van der Waals surface area contributed by atoms with Crippen LogP contribution in [0.25, 0.3) is 17.0 Å². The minimum absolute atomic E-state index is 0.0178. The van der Waals surface area contributed by atoms with Crippen molar-refractivity contribution in [2.24, 2.45) is 0 Å². The highest BCUT2D eigenvalue weighted by Gasteiger charge is 2.31. The zero-order chi connectivity index (χ0) is 21.8. The zero-order valence-electron chi connectivity index (χ0n) is 17.6.